The van der Waals surface area contributed by atoms with Crippen LogP contribution in [0.25, 0.3) is 0 Å². The highest BCUT2D eigenvalue weighted by molar-refractivity contribution is 5.97. The van der Waals surface area contributed by atoms with Crippen molar-refractivity contribution in [2.75, 3.05) is 11.9 Å². The number of carbonyl (C=O) groups excluding carboxylic acids is 1. The molecule has 0 saturated heterocycles. The Hall–Kier alpha value is -2.69. The number of aromatic nitrogens is 1. The number of carbonyl (C=O) groups is 1. The van der Waals surface area contributed by atoms with Gasteiger partial charge in [0.15, 0.2) is 0 Å². The van der Waals surface area contributed by atoms with Gasteiger partial charge in [-0.1, -0.05) is 23.8 Å². The fourth-order valence-corrected chi connectivity index (χ4v) is 1.67. The normalized spacial score (nSPS) is 11.0. The first-order valence-corrected chi connectivity index (χ1v) is 6.70. The van der Waals surface area contributed by atoms with Crippen LogP contribution in [-0.4, -0.2) is 23.1 Å². The van der Waals surface area contributed by atoms with Crippen LogP contribution in [0.1, 0.15) is 18.2 Å². The lowest BCUT2D eigenvalue weighted by atomic mass is 10.2. The largest absolute Gasteiger partial charge is 0.376 e. The van der Waals surface area contributed by atoms with E-state index in [-0.39, 0.29) is 12.5 Å². The number of hydrogen-bond donors (Lipinski definition) is 2. The Kier molecular flexibility index (Phi) is 5.04. The van der Waals surface area contributed by atoms with Gasteiger partial charge in [0, 0.05) is 11.9 Å². The molecule has 2 aromatic rings. The summed E-state index contributed by atoms with van der Waals surface area (Å²) in [6.45, 7) is 3.99. The summed E-state index contributed by atoms with van der Waals surface area (Å²) < 4.78 is 0. The SMILES string of the molecule is C/C(=N/NC(=O)CNc1ccc(C)cc1)c1ccccn1. The fourth-order valence-electron chi connectivity index (χ4n) is 1.67. The highest BCUT2D eigenvalue weighted by Crippen LogP contribution is 2.07. The van der Waals surface area contributed by atoms with E-state index in [4.69, 9.17) is 0 Å². The van der Waals surface area contributed by atoms with E-state index < -0.39 is 0 Å². The van der Waals surface area contributed by atoms with Crippen molar-refractivity contribution in [3.05, 3.63) is 59.9 Å². The molecule has 1 heterocycles. The maximum atomic E-state index is 11.7. The fraction of sp³-hybridized carbons (Fsp3) is 0.188. The number of hydrazone groups is 1. The average molecular weight is 282 g/mol. The van der Waals surface area contributed by atoms with E-state index in [1.54, 1.807) is 13.1 Å². The van der Waals surface area contributed by atoms with Gasteiger partial charge in [-0.05, 0) is 38.1 Å². The minimum atomic E-state index is -0.203. The quantitative estimate of drug-likeness (QED) is 0.653. The summed E-state index contributed by atoms with van der Waals surface area (Å²) in [5, 5.41) is 7.07. The van der Waals surface area contributed by atoms with Gasteiger partial charge in [-0.2, -0.15) is 5.10 Å². The first-order chi connectivity index (χ1) is 10.1. The summed E-state index contributed by atoms with van der Waals surface area (Å²) in [7, 11) is 0. The zero-order valence-corrected chi connectivity index (χ0v) is 12.1. The number of benzene rings is 1. The van der Waals surface area contributed by atoms with Crippen LogP contribution in [0, 0.1) is 6.92 Å². The maximum absolute atomic E-state index is 11.7. The molecule has 0 aliphatic heterocycles. The topological polar surface area (TPSA) is 66.4 Å². The van der Waals surface area contributed by atoms with E-state index in [1.807, 2.05) is 49.4 Å². The lowest BCUT2D eigenvalue weighted by Gasteiger charge is -2.06. The highest BCUT2D eigenvalue weighted by atomic mass is 16.2. The Labute approximate surface area is 124 Å². The van der Waals surface area contributed by atoms with Crippen LogP contribution in [0.3, 0.4) is 0 Å². The van der Waals surface area contributed by atoms with Crippen LogP contribution >= 0.6 is 0 Å². The van der Waals surface area contributed by atoms with Gasteiger partial charge in [-0.15, -0.1) is 0 Å². The van der Waals surface area contributed by atoms with Gasteiger partial charge in [0.2, 0.25) is 0 Å². The number of anilines is 1. The Balaban J connectivity index is 1.83. The number of nitrogens with one attached hydrogen (secondary N) is 2. The summed E-state index contributed by atoms with van der Waals surface area (Å²) in [4.78, 5) is 15.9. The molecule has 21 heavy (non-hydrogen) atoms. The molecule has 0 radical (unpaired) electrons. The minimum absolute atomic E-state index is 0.169. The molecule has 1 amide bonds. The molecule has 0 bridgehead atoms. The van der Waals surface area contributed by atoms with Crippen molar-refractivity contribution in [2.24, 2.45) is 5.10 Å². The second-order valence-electron chi connectivity index (χ2n) is 4.67. The zero-order valence-electron chi connectivity index (χ0n) is 12.1. The van der Waals surface area contributed by atoms with E-state index in [1.165, 1.54) is 5.56 Å². The number of rotatable bonds is 5. The summed E-state index contributed by atoms with van der Waals surface area (Å²) in [6.07, 6.45) is 1.69. The van der Waals surface area contributed by atoms with Crippen LogP contribution < -0.4 is 10.7 Å². The van der Waals surface area contributed by atoms with Gasteiger partial charge >= 0.3 is 0 Å². The van der Waals surface area contributed by atoms with Crippen LogP contribution in [0.4, 0.5) is 5.69 Å². The molecule has 1 aromatic heterocycles. The molecule has 1 aromatic carbocycles. The number of aryl methyl sites for hydroxylation is 1. The van der Waals surface area contributed by atoms with Gasteiger partial charge in [-0.25, -0.2) is 5.43 Å². The molecule has 0 fully saturated rings. The van der Waals surface area contributed by atoms with Gasteiger partial charge in [0.05, 0.1) is 18.0 Å². The summed E-state index contributed by atoms with van der Waals surface area (Å²) >= 11 is 0. The second-order valence-corrected chi connectivity index (χ2v) is 4.67. The van der Waals surface area contributed by atoms with Crippen LogP contribution in [0.15, 0.2) is 53.8 Å². The smallest absolute Gasteiger partial charge is 0.259 e. The molecule has 108 valence electrons. The summed E-state index contributed by atoms with van der Waals surface area (Å²) in [6, 6.07) is 13.4. The Morgan fingerprint density at radius 1 is 1.19 bits per heavy atom. The molecule has 0 aliphatic carbocycles. The van der Waals surface area contributed by atoms with Crippen molar-refractivity contribution in [3.63, 3.8) is 0 Å². The molecule has 2 N–H and O–H groups in total. The molecule has 0 saturated carbocycles. The van der Waals surface area contributed by atoms with Crippen LogP contribution in [0.5, 0.6) is 0 Å². The van der Waals surface area contributed by atoms with E-state index in [0.29, 0.717) is 5.71 Å². The highest BCUT2D eigenvalue weighted by Gasteiger charge is 2.01. The van der Waals surface area contributed by atoms with Gasteiger partial charge < -0.3 is 5.32 Å². The standard InChI is InChI=1S/C16H18N4O/c1-12-6-8-14(9-7-12)18-11-16(21)20-19-13(2)15-5-3-4-10-17-15/h3-10,18H,11H2,1-2H3,(H,20,21)/b19-13-. The maximum Gasteiger partial charge on any atom is 0.259 e. The number of nitrogens with zero attached hydrogens (tertiary/aromatic N) is 2. The molecule has 0 unspecified atom stereocenters. The number of amides is 1. The third-order valence-electron chi connectivity index (χ3n) is 2.89. The third-order valence-corrected chi connectivity index (χ3v) is 2.89. The van der Waals surface area contributed by atoms with E-state index in [9.17, 15) is 4.79 Å². The van der Waals surface area contributed by atoms with Crippen molar-refractivity contribution in [1.29, 1.82) is 0 Å². The third kappa shape index (κ3) is 4.72. The van der Waals surface area contributed by atoms with Crippen LogP contribution in [-0.2, 0) is 4.79 Å². The summed E-state index contributed by atoms with van der Waals surface area (Å²) in [5.41, 5.74) is 6.00. The van der Waals surface area contributed by atoms with Crippen molar-refractivity contribution in [1.82, 2.24) is 10.4 Å². The predicted molar refractivity (Wildman–Crippen MR) is 84.3 cm³/mol. The van der Waals surface area contributed by atoms with Crippen molar-refractivity contribution in [2.45, 2.75) is 13.8 Å². The monoisotopic (exact) mass is 282 g/mol. The van der Waals surface area contributed by atoms with E-state index in [2.05, 4.69) is 20.8 Å². The lowest BCUT2D eigenvalue weighted by Crippen LogP contribution is -2.26. The van der Waals surface area contributed by atoms with Gasteiger partial charge in [-0.3, -0.25) is 9.78 Å². The van der Waals surface area contributed by atoms with Crippen molar-refractivity contribution >= 4 is 17.3 Å². The molecular formula is C16H18N4O. The van der Waals surface area contributed by atoms with E-state index >= 15 is 0 Å². The Morgan fingerprint density at radius 2 is 1.95 bits per heavy atom. The molecule has 5 nitrogen and oxygen atoms in total. The molecule has 2 rings (SSSR count). The zero-order chi connectivity index (χ0) is 15.1. The van der Waals surface area contributed by atoms with E-state index in [0.717, 1.165) is 11.4 Å². The predicted octanol–water partition coefficient (Wildman–Crippen LogP) is 2.34. The van der Waals surface area contributed by atoms with Gasteiger partial charge in [0.1, 0.15) is 0 Å². The summed E-state index contributed by atoms with van der Waals surface area (Å²) in [5.74, 6) is -0.203. The Bertz CT molecular complexity index is 620. The number of hydrogen-bond acceptors (Lipinski definition) is 4. The molecule has 0 atom stereocenters. The second kappa shape index (κ2) is 7.19. The Morgan fingerprint density at radius 3 is 2.62 bits per heavy atom. The minimum Gasteiger partial charge on any atom is -0.376 e. The molecule has 0 spiro atoms. The molecule has 5 heteroatoms. The average Bonchev–Trinajstić information content (AvgIpc) is 2.53. The molecular weight excluding hydrogens is 264 g/mol. The van der Waals surface area contributed by atoms with Gasteiger partial charge in [0.25, 0.3) is 5.91 Å². The lowest BCUT2D eigenvalue weighted by molar-refractivity contribution is -0.119. The number of pyridine rings is 1. The van der Waals surface area contributed by atoms with Crippen molar-refractivity contribution in [3.8, 4) is 0 Å². The first kappa shape index (κ1) is 14.7. The molecule has 0 aliphatic rings. The van der Waals surface area contributed by atoms with Crippen molar-refractivity contribution < 1.29 is 4.79 Å². The first-order valence-electron chi connectivity index (χ1n) is 6.70. The van der Waals surface area contributed by atoms with Crippen LogP contribution in [0.2, 0.25) is 0 Å².